The van der Waals surface area contributed by atoms with Gasteiger partial charge in [-0.2, -0.15) is 0 Å². The summed E-state index contributed by atoms with van der Waals surface area (Å²) in [4.78, 5) is 26.9. The highest BCUT2D eigenvalue weighted by Crippen LogP contribution is 2.27. The largest absolute Gasteiger partial charge is 0.355 e. The third-order valence-electron chi connectivity index (χ3n) is 4.32. The van der Waals surface area contributed by atoms with Crippen molar-refractivity contribution in [1.82, 2.24) is 10.2 Å². The van der Waals surface area contributed by atoms with Gasteiger partial charge in [0, 0.05) is 39.5 Å². The van der Waals surface area contributed by atoms with Crippen LogP contribution in [0.15, 0.2) is 42.5 Å². The third kappa shape index (κ3) is 7.10. The molecule has 29 heavy (non-hydrogen) atoms. The van der Waals surface area contributed by atoms with Crippen LogP contribution in [-0.2, 0) is 21.9 Å². The van der Waals surface area contributed by atoms with Gasteiger partial charge in [0.05, 0.1) is 5.75 Å². The summed E-state index contributed by atoms with van der Waals surface area (Å²) in [5, 5.41) is 4.37. The molecule has 0 aliphatic heterocycles. The maximum absolute atomic E-state index is 13.0. The number of benzene rings is 2. The van der Waals surface area contributed by atoms with E-state index in [4.69, 9.17) is 34.8 Å². The normalized spacial score (nSPS) is 11.8. The molecule has 0 unspecified atom stereocenters. The van der Waals surface area contributed by atoms with E-state index in [-0.39, 0.29) is 24.1 Å². The van der Waals surface area contributed by atoms with E-state index in [0.29, 0.717) is 32.9 Å². The van der Waals surface area contributed by atoms with E-state index < -0.39 is 6.04 Å². The quantitative estimate of drug-likeness (QED) is 0.528. The highest BCUT2D eigenvalue weighted by molar-refractivity contribution is 7.99. The van der Waals surface area contributed by atoms with Crippen molar-refractivity contribution < 1.29 is 9.59 Å². The zero-order valence-electron chi connectivity index (χ0n) is 16.3. The summed E-state index contributed by atoms with van der Waals surface area (Å²) in [5.41, 5.74) is 1.70. The van der Waals surface area contributed by atoms with Gasteiger partial charge in [-0.25, -0.2) is 0 Å². The van der Waals surface area contributed by atoms with Crippen LogP contribution >= 0.6 is 46.6 Å². The molecule has 1 N–H and O–H groups in total. The number of nitrogens with one attached hydrogen (secondary N) is 1. The maximum atomic E-state index is 13.0. The van der Waals surface area contributed by atoms with Crippen LogP contribution in [0.2, 0.25) is 15.1 Å². The zero-order valence-corrected chi connectivity index (χ0v) is 19.3. The molecule has 0 saturated carbocycles. The number of nitrogens with zero attached hydrogens (tertiary/aromatic N) is 1. The summed E-state index contributed by atoms with van der Waals surface area (Å²) in [6.45, 7) is 4.20. The Morgan fingerprint density at radius 2 is 1.69 bits per heavy atom. The van der Waals surface area contributed by atoms with Gasteiger partial charge < -0.3 is 10.2 Å². The lowest BCUT2D eigenvalue weighted by molar-refractivity contribution is -0.138. The van der Waals surface area contributed by atoms with E-state index in [2.05, 4.69) is 5.32 Å². The summed E-state index contributed by atoms with van der Waals surface area (Å²) in [6, 6.07) is 12.0. The number of thioether (sulfide) groups is 1. The van der Waals surface area contributed by atoms with Crippen LogP contribution in [0.4, 0.5) is 0 Å². The molecule has 1 atom stereocenters. The number of carbonyl (C=O) groups is 2. The Balaban J connectivity index is 2.11. The van der Waals surface area contributed by atoms with Crippen LogP contribution in [0.5, 0.6) is 0 Å². The first-order valence-electron chi connectivity index (χ1n) is 9.15. The molecule has 0 aliphatic rings. The van der Waals surface area contributed by atoms with E-state index in [0.717, 1.165) is 5.56 Å². The predicted octanol–water partition coefficient (Wildman–Crippen LogP) is 5.43. The smallest absolute Gasteiger partial charge is 0.242 e. The van der Waals surface area contributed by atoms with E-state index in [9.17, 15) is 9.59 Å². The van der Waals surface area contributed by atoms with Crippen LogP contribution in [0.3, 0.4) is 0 Å². The average molecular weight is 474 g/mol. The van der Waals surface area contributed by atoms with Gasteiger partial charge in [-0.15, -0.1) is 11.8 Å². The van der Waals surface area contributed by atoms with Crippen molar-refractivity contribution in [3.8, 4) is 0 Å². The van der Waals surface area contributed by atoms with Gasteiger partial charge in [0.25, 0.3) is 0 Å². The van der Waals surface area contributed by atoms with E-state index in [1.165, 1.54) is 16.7 Å². The molecule has 0 radical (unpaired) electrons. The van der Waals surface area contributed by atoms with Gasteiger partial charge >= 0.3 is 0 Å². The number of hydrogen-bond donors (Lipinski definition) is 1. The van der Waals surface area contributed by atoms with Crippen molar-refractivity contribution in [3.63, 3.8) is 0 Å². The number of carbonyl (C=O) groups excluding carboxylic acids is 2. The predicted molar refractivity (Wildman–Crippen MR) is 123 cm³/mol. The molecular formula is C21H23Cl3N2O2S. The molecule has 8 heteroatoms. The second-order valence-electron chi connectivity index (χ2n) is 6.41. The van der Waals surface area contributed by atoms with E-state index in [1.54, 1.807) is 25.1 Å². The van der Waals surface area contributed by atoms with Crippen molar-refractivity contribution in [3.05, 3.63) is 68.7 Å². The minimum Gasteiger partial charge on any atom is -0.355 e. The first kappa shape index (κ1) is 23.9. The molecule has 0 fully saturated rings. The molecule has 0 spiro atoms. The molecule has 0 aromatic heterocycles. The van der Waals surface area contributed by atoms with E-state index >= 15 is 0 Å². The van der Waals surface area contributed by atoms with Crippen molar-refractivity contribution in [2.75, 3.05) is 12.3 Å². The minimum atomic E-state index is -0.647. The topological polar surface area (TPSA) is 49.4 Å². The van der Waals surface area contributed by atoms with Crippen LogP contribution in [0.25, 0.3) is 0 Å². The molecule has 2 rings (SSSR count). The number of rotatable bonds is 9. The Morgan fingerprint density at radius 1 is 1.07 bits per heavy atom. The summed E-state index contributed by atoms with van der Waals surface area (Å²) in [7, 11) is 0. The second kappa shape index (κ2) is 11.7. The monoisotopic (exact) mass is 472 g/mol. The molecule has 0 saturated heterocycles. The van der Waals surface area contributed by atoms with Crippen molar-refractivity contribution >= 4 is 58.4 Å². The Bertz CT molecular complexity index is 826. The number of halogens is 3. The number of hydrogen-bond acceptors (Lipinski definition) is 3. The van der Waals surface area contributed by atoms with E-state index in [1.807, 2.05) is 31.2 Å². The summed E-state index contributed by atoms with van der Waals surface area (Å²) >= 11 is 19.9. The highest BCUT2D eigenvalue weighted by Gasteiger charge is 2.27. The Morgan fingerprint density at radius 3 is 2.28 bits per heavy atom. The first-order chi connectivity index (χ1) is 13.8. The summed E-state index contributed by atoms with van der Waals surface area (Å²) in [6.07, 6.45) is 0. The zero-order chi connectivity index (χ0) is 21.4. The van der Waals surface area contributed by atoms with Gasteiger partial charge in [-0.1, -0.05) is 53.0 Å². The molecule has 0 bridgehead atoms. The maximum Gasteiger partial charge on any atom is 0.242 e. The van der Waals surface area contributed by atoms with Gasteiger partial charge in [0.2, 0.25) is 11.8 Å². The molecule has 4 nitrogen and oxygen atoms in total. The van der Waals surface area contributed by atoms with Crippen LogP contribution in [-0.4, -0.2) is 35.1 Å². The molecule has 2 aromatic carbocycles. The average Bonchev–Trinajstić information content (AvgIpc) is 2.69. The highest BCUT2D eigenvalue weighted by atomic mass is 35.5. The lowest BCUT2D eigenvalue weighted by atomic mass is 10.1. The lowest BCUT2D eigenvalue weighted by Crippen LogP contribution is -2.48. The van der Waals surface area contributed by atoms with Gasteiger partial charge in [-0.3, -0.25) is 9.59 Å². The van der Waals surface area contributed by atoms with Crippen molar-refractivity contribution in [2.45, 2.75) is 32.2 Å². The molecule has 2 amide bonds. The fourth-order valence-electron chi connectivity index (χ4n) is 2.68. The lowest BCUT2D eigenvalue weighted by Gasteiger charge is -2.29. The second-order valence-corrected chi connectivity index (χ2v) is 8.65. The molecular weight excluding hydrogens is 451 g/mol. The Hall–Kier alpha value is -1.40. The Labute approximate surface area is 190 Å². The number of amides is 2. The van der Waals surface area contributed by atoms with Crippen LogP contribution in [0.1, 0.15) is 25.0 Å². The van der Waals surface area contributed by atoms with Gasteiger partial charge in [0.15, 0.2) is 0 Å². The van der Waals surface area contributed by atoms with Crippen molar-refractivity contribution in [2.24, 2.45) is 0 Å². The summed E-state index contributed by atoms with van der Waals surface area (Å²) in [5.74, 6) is 0.526. The molecule has 0 aliphatic carbocycles. The van der Waals surface area contributed by atoms with Gasteiger partial charge in [-0.05, 0) is 43.7 Å². The summed E-state index contributed by atoms with van der Waals surface area (Å²) < 4.78 is 0. The molecule has 0 heterocycles. The fourth-order valence-corrected chi connectivity index (χ4v) is 4.19. The van der Waals surface area contributed by atoms with Crippen LogP contribution in [0, 0.1) is 0 Å². The van der Waals surface area contributed by atoms with Gasteiger partial charge in [0.1, 0.15) is 6.04 Å². The standard InChI is InChI=1S/C21H23Cl3N2O2S/c1-3-25-21(28)14(2)26(11-17-18(23)5-4-6-19(17)24)20(27)13-29-12-15-7-9-16(22)10-8-15/h4-10,14H,3,11-13H2,1-2H3,(H,25,28)/t14-/m0/s1. The first-order valence-corrected chi connectivity index (χ1v) is 11.4. The third-order valence-corrected chi connectivity index (χ3v) is 6.26. The minimum absolute atomic E-state index is 0.154. The molecule has 2 aromatic rings. The fraction of sp³-hybridized carbons (Fsp3) is 0.333. The SMILES string of the molecule is CCNC(=O)[C@H](C)N(Cc1c(Cl)cccc1Cl)C(=O)CSCc1ccc(Cl)cc1. The van der Waals surface area contributed by atoms with Crippen LogP contribution < -0.4 is 5.32 Å². The number of likely N-dealkylation sites (N-methyl/N-ethyl adjacent to an activating group) is 1. The molecule has 156 valence electrons. The van der Waals surface area contributed by atoms with Crippen molar-refractivity contribution in [1.29, 1.82) is 0 Å². The Kier molecular flexibility index (Phi) is 9.63.